The molecular formula is C17H27NO3. The largest absolute Gasteiger partial charge is 0.493 e. The van der Waals surface area contributed by atoms with E-state index in [1.54, 1.807) is 7.11 Å². The maximum absolute atomic E-state index is 5.93. The summed E-state index contributed by atoms with van der Waals surface area (Å²) in [5.41, 5.74) is 1.14. The highest BCUT2D eigenvalue weighted by Crippen LogP contribution is 2.31. The van der Waals surface area contributed by atoms with Gasteiger partial charge in [0.05, 0.1) is 19.8 Å². The Morgan fingerprint density at radius 2 is 2.29 bits per heavy atom. The van der Waals surface area contributed by atoms with Gasteiger partial charge in [-0.1, -0.05) is 25.5 Å². The molecular weight excluding hydrogens is 266 g/mol. The monoisotopic (exact) mass is 293 g/mol. The Morgan fingerprint density at radius 1 is 1.38 bits per heavy atom. The van der Waals surface area contributed by atoms with Gasteiger partial charge in [-0.2, -0.15) is 0 Å². The Balaban J connectivity index is 1.92. The number of unbranched alkanes of at least 4 members (excludes halogenated alkanes) is 1. The highest BCUT2D eigenvalue weighted by atomic mass is 16.5. The van der Waals surface area contributed by atoms with Gasteiger partial charge in [0, 0.05) is 25.3 Å². The summed E-state index contributed by atoms with van der Waals surface area (Å²) < 4.78 is 17.0. The van der Waals surface area contributed by atoms with Crippen molar-refractivity contribution >= 4 is 0 Å². The zero-order chi connectivity index (χ0) is 14.9. The fourth-order valence-electron chi connectivity index (χ4n) is 2.52. The zero-order valence-electron chi connectivity index (χ0n) is 13.2. The van der Waals surface area contributed by atoms with E-state index in [-0.39, 0.29) is 0 Å². The van der Waals surface area contributed by atoms with Crippen LogP contribution in [-0.2, 0) is 11.3 Å². The highest BCUT2D eigenvalue weighted by Gasteiger charge is 2.15. The van der Waals surface area contributed by atoms with Gasteiger partial charge in [-0.3, -0.25) is 0 Å². The second-order valence-electron chi connectivity index (χ2n) is 5.42. The molecule has 1 aliphatic rings. The van der Waals surface area contributed by atoms with E-state index < -0.39 is 0 Å². The van der Waals surface area contributed by atoms with Crippen LogP contribution in [0.5, 0.6) is 11.5 Å². The molecule has 0 bridgehead atoms. The van der Waals surface area contributed by atoms with Gasteiger partial charge in [-0.15, -0.1) is 0 Å². The number of methoxy groups -OCH3 is 1. The Labute approximate surface area is 127 Å². The second-order valence-corrected chi connectivity index (χ2v) is 5.42. The van der Waals surface area contributed by atoms with Crippen LogP contribution in [0.25, 0.3) is 0 Å². The molecule has 1 aromatic carbocycles. The SMILES string of the molecule is CCCCOc1c(CNCC2CCCO2)cccc1OC. The fourth-order valence-corrected chi connectivity index (χ4v) is 2.52. The molecule has 1 aliphatic heterocycles. The molecule has 21 heavy (non-hydrogen) atoms. The van der Waals surface area contributed by atoms with Crippen LogP contribution in [0, 0.1) is 0 Å². The molecule has 0 spiro atoms. The first kappa shape index (κ1) is 16.1. The molecule has 2 rings (SSSR count). The Morgan fingerprint density at radius 3 is 3.00 bits per heavy atom. The highest BCUT2D eigenvalue weighted by molar-refractivity contribution is 5.46. The third-order valence-electron chi connectivity index (χ3n) is 3.74. The minimum Gasteiger partial charge on any atom is -0.493 e. The molecule has 1 atom stereocenters. The predicted molar refractivity (Wildman–Crippen MR) is 84.1 cm³/mol. The van der Waals surface area contributed by atoms with Crippen molar-refractivity contribution in [3.05, 3.63) is 23.8 Å². The van der Waals surface area contributed by atoms with Crippen molar-refractivity contribution in [1.29, 1.82) is 0 Å². The van der Waals surface area contributed by atoms with Crippen LogP contribution in [0.2, 0.25) is 0 Å². The van der Waals surface area contributed by atoms with E-state index in [0.29, 0.717) is 6.10 Å². The van der Waals surface area contributed by atoms with Crippen LogP contribution in [0.3, 0.4) is 0 Å². The van der Waals surface area contributed by atoms with E-state index in [0.717, 1.165) is 62.6 Å². The van der Waals surface area contributed by atoms with Gasteiger partial charge in [-0.05, 0) is 25.3 Å². The van der Waals surface area contributed by atoms with Gasteiger partial charge in [-0.25, -0.2) is 0 Å². The summed E-state index contributed by atoms with van der Waals surface area (Å²) in [7, 11) is 1.69. The summed E-state index contributed by atoms with van der Waals surface area (Å²) >= 11 is 0. The lowest BCUT2D eigenvalue weighted by molar-refractivity contribution is 0.110. The zero-order valence-corrected chi connectivity index (χ0v) is 13.2. The Hall–Kier alpha value is -1.26. The van der Waals surface area contributed by atoms with Gasteiger partial charge >= 0.3 is 0 Å². The number of hydrogen-bond acceptors (Lipinski definition) is 4. The van der Waals surface area contributed by atoms with Crippen LogP contribution >= 0.6 is 0 Å². The van der Waals surface area contributed by atoms with Crippen LogP contribution in [-0.4, -0.2) is 33.0 Å². The van der Waals surface area contributed by atoms with E-state index in [9.17, 15) is 0 Å². The lowest BCUT2D eigenvalue weighted by atomic mass is 10.1. The molecule has 0 amide bonds. The number of hydrogen-bond donors (Lipinski definition) is 1. The molecule has 1 aromatic rings. The van der Waals surface area contributed by atoms with Gasteiger partial charge in [0.25, 0.3) is 0 Å². The van der Waals surface area contributed by atoms with Crippen LogP contribution < -0.4 is 14.8 Å². The molecule has 1 saturated heterocycles. The van der Waals surface area contributed by atoms with Crippen molar-refractivity contribution in [2.75, 3.05) is 26.9 Å². The average Bonchev–Trinajstić information content (AvgIpc) is 3.02. The summed E-state index contributed by atoms with van der Waals surface area (Å²) in [5, 5.41) is 3.47. The average molecular weight is 293 g/mol. The summed E-state index contributed by atoms with van der Waals surface area (Å²) in [6.07, 6.45) is 4.88. The van der Waals surface area contributed by atoms with Gasteiger partial charge in [0.2, 0.25) is 0 Å². The maximum atomic E-state index is 5.93. The molecule has 0 radical (unpaired) electrons. The van der Waals surface area contributed by atoms with E-state index in [1.165, 1.54) is 6.42 Å². The lowest BCUT2D eigenvalue weighted by Gasteiger charge is -2.16. The predicted octanol–water partition coefficient (Wildman–Crippen LogP) is 3.14. The molecule has 0 aromatic heterocycles. The molecule has 0 saturated carbocycles. The maximum Gasteiger partial charge on any atom is 0.165 e. The summed E-state index contributed by atoms with van der Waals surface area (Å²) in [5.74, 6) is 1.68. The molecule has 118 valence electrons. The topological polar surface area (TPSA) is 39.7 Å². The number of para-hydroxylation sites is 1. The second kappa shape index (κ2) is 8.90. The van der Waals surface area contributed by atoms with Crippen LogP contribution in [0.1, 0.15) is 38.2 Å². The number of nitrogens with one attached hydrogen (secondary N) is 1. The molecule has 0 aliphatic carbocycles. The first-order chi connectivity index (χ1) is 10.3. The first-order valence-corrected chi connectivity index (χ1v) is 7.96. The quantitative estimate of drug-likeness (QED) is 0.710. The van der Waals surface area contributed by atoms with Crippen molar-refractivity contribution in [3.63, 3.8) is 0 Å². The van der Waals surface area contributed by atoms with Crippen LogP contribution in [0.4, 0.5) is 0 Å². The van der Waals surface area contributed by atoms with E-state index in [2.05, 4.69) is 18.3 Å². The van der Waals surface area contributed by atoms with Crippen molar-refractivity contribution < 1.29 is 14.2 Å². The number of ether oxygens (including phenoxy) is 3. The summed E-state index contributed by atoms with van der Waals surface area (Å²) in [4.78, 5) is 0. The first-order valence-electron chi connectivity index (χ1n) is 7.96. The third kappa shape index (κ3) is 4.90. The lowest BCUT2D eigenvalue weighted by Crippen LogP contribution is -2.26. The molecule has 4 nitrogen and oxygen atoms in total. The van der Waals surface area contributed by atoms with Crippen LogP contribution in [0.15, 0.2) is 18.2 Å². The Bertz CT molecular complexity index is 416. The van der Waals surface area contributed by atoms with Gasteiger partial charge < -0.3 is 19.5 Å². The van der Waals surface area contributed by atoms with Crippen molar-refractivity contribution in [2.45, 2.75) is 45.3 Å². The molecule has 1 unspecified atom stereocenters. The third-order valence-corrected chi connectivity index (χ3v) is 3.74. The van der Waals surface area contributed by atoms with Gasteiger partial charge in [0.15, 0.2) is 11.5 Å². The smallest absolute Gasteiger partial charge is 0.165 e. The minimum absolute atomic E-state index is 0.361. The molecule has 1 fully saturated rings. The van der Waals surface area contributed by atoms with Crippen molar-refractivity contribution in [3.8, 4) is 11.5 Å². The Kier molecular flexibility index (Phi) is 6.83. The van der Waals surface area contributed by atoms with Gasteiger partial charge in [0.1, 0.15) is 0 Å². The number of rotatable bonds is 9. The molecule has 4 heteroatoms. The van der Waals surface area contributed by atoms with Crippen molar-refractivity contribution in [1.82, 2.24) is 5.32 Å². The molecule has 1 heterocycles. The number of benzene rings is 1. The standard InChI is InChI=1S/C17H27NO3/c1-3-4-10-21-17-14(7-5-9-16(17)19-2)12-18-13-15-8-6-11-20-15/h5,7,9,15,18H,3-4,6,8,10-13H2,1-2H3. The van der Waals surface area contributed by atoms with E-state index >= 15 is 0 Å². The van der Waals surface area contributed by atoms with E-state index in [4.69, 9.17) is 14.2 Å². The minimum atomic E-state index is 0.361. The van der Waals surface area contributed by atoms with Crippen molar-refractivity contribution in [2.24, 2.45) is 0 Å². The summed E-state index contributed by atoms with van der Waals surface area (Å²) in [6, 6.07) is 6.05. The summed E-state index contributed by atoms with van der Waals surface area (Å²) in [6.45, 7) is 5.46. The fraction of sp³-hybridized carbons (Fsp3) is 0.647. The van der Waals surface area contributed by atoms with E-state index in [1.807, 2.05) is 12.1 Å². The molecule has 1 N–H and O–H groups in total. The normalized spacial score (nSPS) is 17.9.